The molecule has 0 aliphatic carbocycles. The molecule has 1 aliphatic rings. The highest BCUT2D eigenvalue weighted by Crippen LogP contribution is 2.40. The Morgan fingerprint density at radius 2 is 2.03 bits per heavy atom. The first kappa shape index (κ1) is 20.7. The third-order valence-corrected chi connectivity index (χ3v) is 5.82. The number of benzene rings is 1. The van der Waals surface area contributed by atoms with Crippen molar-refractivity contribution in [1.82, 2.24) is 20.3 Å². The van der Waals surface area contributed by atoms with E-state index in [4.69, 9.17) is 9.47 Å². The fraction of sp³-hybridized carbons (Fsp3) is 0.208. The molecule has 0 atom stereocenters. The van der Waals surface area contributed by atoms with Crippen LogP contribution >= 0.6 is 0 Å². The van der Waals surface area contributed by atoms with Gasteiger partial charge in [-0.2, -0.15) is 0 Å². The molecular formula is C24H22FN5O3. The summed E-state index contributed by atoms with van der Waals surface area (Å²) in [5.41, 5.74) is 5.46. The second kappa shape index (κ2) is 8.09. The van der Waals surface area contributed by atoms with Crippen LogP contribution in [0.5, 0.6) is 11.6 Å². The number of methoxy groups -OCH3 is 2. The van der Waals surface area contributed by atoms with Gasteiger partial charge in [0.05, 0.1) is 36.7 Å². The fourth-order valence-corrected chi connectivity index (χ4v) is 4.11. The van der Waals surface area contributed by atoms with Crippen LogP contribution in [-0.4, -0.2) is 41.6 Å². The van der Waals surface area contributed by atoms with E-state index in [9.17, 15) is 9.18 Å². The van der Waals surface area contributed by atoms with Crippen molar-refractivity contribution in [2.45, 2.75) is 13.3 Å². The molecule has 1 amide bonds. The van der Waals surface area contributed by atoms with E-state index in [1.54, 1.807) is 31.3 Å². The lowest BCUT2D eigenvalue weighted by atomic mass is 10.0. The maximum atomic E-state index is 14.2. The molecule has 0 bridgehead atoms. The average Bonchev–Trinajstić information content (AvgIpc) is 3.20. The molecular weight excluding hydrogens is 425 g/mol. The van der Waals surface area contributed by atoms with E-state index < -0.39 is 0 Å². The molecule has 9 heteroatoms. The predicted octanol–water partition coefficient (Wildman–Crippen LogP) is 4.12. The Morgan fingerprint density at radius 1 is 1.18 bits per heavy atom. The van der Waals surface area contributed by atoms with Crippen LogP contribution in [-0.2, 0) is 6.42 Å². The Bertz CT molecular complexity index is 1400. The van der Waals surface area contributed by atoms with E-state index in [0.717, 1.165) is 11.3 Å². The molecule has 168 valence electrons. The number of H-pyrrole nitrogens is 1. The highest BCUT2D eigenvalue weighted by molar-refractivity contribution is 6.08. The highest BCUT2D eigenvalue weighted by atomic mass is 19.1. The summed E-state index contributed by atoms with van der Waals surface area (Å²) in [5.74, 6) is 0.265. The number of carbonyl (C=O) groups is 1. The van der Waals surface area contributed by atoms with Gasteiger partial charge in [-0.1, -0.05) is 6.07 Å². The number of amides is 1. The van der Waals surface area contributed by atoms with Crippen molar-refractivity contribution in [2.24, 2.45) is 0 Å². The van der Waals surface area contributed by atoms with Gasteiger partial charge in [-0.15, -0.1) is 0 Å². The van der Waals surface area contributed by atoms with Crippen LogP contribution in [0.25, 0.3) is 22.3 Å². The lowest BCUT2D eigenvalue weighted by Crippen LogP contribution is -2.31. The number of anilines is 2. The fourth-order valence-electron chi connectivity index (χ4n) is 4.11. The van der Waals surface area contributed by atoms with Crippen molar-refractivity contribution in [2.75, 3.05) is 26.1 Å². The third kappa shape index (κ3) is 3.42. The number of pyridine rings is 2. The molecule has 0 radical (unpaired) electrons. The van der Waals surface area contributed by atoms with Crippen LogP contribution < -0.4 is 20.1 Å². The standard InChI is InChI=1S/C24H22FN5O3/c1-12-14(25)5-4-6-15(12)28-22-19-16(8-10-27-23(19)31)29-21(22)13-7-9-26-17-11-18(32-2)24(33-3)30-20(13)17/h4-7,9,11,28-29H,8,10H2,1-3H3,(H,27,31). The molecule has 4 heterocycles. The quantitative estimate of drug-likeness (QED) is 0.426. The summed E-state index contributed by atoms with van der Waals surface area (Å²) in [6.07, 6.45) is 2.31. The number of nitrogens with zero attached hydrogens (tertiary/aromatic N) is 2. The molecule has 0 fully saturated rings. The Labute approximate surface area is 189 Å². The topological polar surface area (TPSA) is 101 Å². The van der Waals surface area contributed by atoms with Crippen LogP contribution in [0.3, 0.4) is 0 Å². The summed E-state index contributed by atoms with van der Waals surface area (Å²) in [5, 5.41) is 6.19. The first-order chi connectivity index (χ1) is 16.0. The van der Waals surface area contributed by atoms with Crippen molar-refractivity contribution >= 4 is 28.3 Å². The molecule has 0 saturated carbocycles. The number of aromatic amines is 1. The van der Waals surface area contributed by atoms with Crippen LogP contribution in [0, 0.1) is 12.7 Å². The Hall–Kier alpha value is -4.14. The largest absolute Gasteiger partial charge is 0.491 e. The van der Waals surface area contributed by atoms with E-state index in [1.165, 1.54) is 20.3 Å². The van der Waals surface area contributed by atoms with Crippen LogP contribution in [0.15, 0.2) is 36.5 Å². The highest BCUT2D eigenvalue weighted by Gasteiger charge is 2.28. The lowest BCUT2D eigenvalue weighted by molar-refractivity contribution is 0.0947. The maximum absolute atomic E-state index is 14.2. The molecule has 1 aromatic carbocycles. The SMILES string of the molecule is COc1cc2nccc(-c3[nH]c4c(c3Nc3cccc(F)c3C)C(=O)NCC4)c2nc1OC. The van der Waals surface area contributed by atoms with Gasteiger partial charge in [-0.05, 0) is 25.1 Å². The van der Waals surface area contributed by atoms with E-state index in [1.807, 2.05) is 6.07 Å². The summed E-state index contributed by atoms with van der Waals surface area (Å²) in [6.45, 7) is 2.22. The van der Waals surface area contributed by atoms with Crippen LogP contribution in [0.2, 0.25) is 0 Å². The lowest BCUT2D eigenvalue weighted by Gasteiger charge is -2.16. The zero-order valence-corrected chi connectivity index (χ0v) is 18.4. The van der Waals surface area contributed by atoms with Gasteiger partial charge in [0.1, 0.15) is 11.3 Å². The molecule has 8 nitrogen and oxygen atoms in total. The normalized spacial score (nSPS) is 12.9. The van der Waals surface area contributed by atoms with Crippen molar-refractivity contribution in [1.29, 1.82) is 0 Å². The summed E-state index contributed by atoms with van der Waals surface area (Å²) in [4.78, 5) is 25.3. The first-order valence-electron chi connectivity index (χ1n) is 10.4. The molecule has 3 N–H and O–H groups in total. The molecule has 1 aliphatic heterocycles. The minimum absolute atomic E-state index is 0.194. The summed E-state index contributed by atoms with van der Waals surface area (Å²) in [6, 6.07) is 8.38. The van der Waals surface area contributed by atoms with Gasteiger partial charge in [0.25, 0.3) is 11.8 Å². The van der Waals surface area contributed by atoms with Crippen LogP contribution in [0.4, 0.5) is 15.8 Å². The molecule has 5 rings (SSSR count). The molecule has 0 spiro atoms. The minimum Gasteiger partial charge on any atom is -0.491 e. The summed E-state index contributed by atoms with van der Waals surface area (Å²) in [7, 11) is 3.06. The van der Waals surface area contributed by atoms with Crippen molar-refractivity contribution in [3.8, 4) is 22.9 Å². The number of aromatic nitrogens is 3. The van der Waals surface area contributed by atoms with Crippen molar-refractivity contribution in [3.63, 3.8) is 0 Å². The van der Waals surface area contributed by atoms with E-state index >= 15 is 0 Å². The number of hydrogen-bond acceptors (Lipinski definition) is 6. The summed E-state index contributed by atoms with van der Waals surface area (Å²) < 4.78 is 25.0. The number of ether oxygens (including phenoxy) is 2. The van der Waals surface area contributed by atoms with Gasteiger partial charge in [0.2, 0.25) is 0 Å². The number of fused-ring (bicyclic) bond motifs is 2. The van der Waals surface area contributed by atoms with E-state index in [0.29, 0.717) is 63.8 Å². The molecule has 0 unspecified atom stereocenters. The Balaban J connectivity index is 1.76. The van der Waals surface area contributed by atoms with Gasteiger partial charge in [0.15, 0.2) is 5.75 Å². The molecule has 0 saturated heterocycles. The Kier molecular flexibility index (Phi) is 5.08. The third-order valence-electron chi connectivity index (χ3n) is 5.82. The maximum Gasteiger partial charge on any atom is 0.257 e. The average molecular weight is 447 g/mol. The van der Waals surface area contributed by atoms with Gasteiger partial charge in [0, 0.05) is 47.7 Å². The number of carbonyl (C=O) groups excluding carboxylic acids is 1. The van der Waals surface area contributed by atoms with Gasteiger partial charge >= 0.3 is 0 Å². The zero-order valence-electron chi connectivity index (χ0n) is 18.4. The smallest absolute Gasteiger partial charge is 0.257 e. The zero-order chi connectivity index (χ0) is 23.1. The van der Waals surface area contributed by atoms with Gasteiger partial charge < -0.3 is 25.1 Å². The second-order valence-electron chi connectivity index (χ2n) is 7.70. The number of rotatable bonds is 5. The molecule has 3 aromatic heterocycles. The second-order valence-corrected chi connectivity index (χ2v) is 7.70. The first-order valence-corrected chi connectivity index (χ1v) is 10.4. The predicted molar refractivity (Wildman–Crippen MR) is 123 cm³/mol. The van der Waals surface area contributed by atoms with E-state index in [2.05, 4.69) is 25.6 Å². The van der Waals surface area contributed by atoms with Gasteiger partial charge in [-0.25, -0.2) is 9.37 Å². The molecule has 33 heavy (non-hydrogen) atoms. The van der Waals surface area contributed by atoms with Crippen molar-refractivity contribution in [3.05, 3.63) is 59.2 Å². The van der Waals surface area contributed by atoms with Crippen LogP contribution in [0.1, 0.15) is 21.6 Å². The van der Waals surface area contributed by atoms with Crippen molar-refractivity contribution < 1.29 is 18.7 Å². The van der Waals surface area contributed by atoms with E-state index in [-0.39, 0.29) is 11.7 Å². The Morgan fingerprint density at radius 3 is 2.82 bits per heavy atom. The number of hydrogen-bond donors (Lipinski definition) is 3. The monoisotopic (exact) mass is 447 g/mol. The minimum atomic E-state index is -0.330. The van der Waals surface area contributed by atoms with Gasteiger partial charge in [-0.3, -0.25) is 9.78 Å². The number of nitrogens with one attached hydrogen (secondary N) is 3. The molecule has 4 aromatic rings. The number of halogens is 1. The summed E-state index contributed by atoms with van der Waals surface area (Å²) >= 11 is 0.